The van der Waals surface area contributed by atoms with Crippen LogP contribution in [0.15, 0.2) is 48.5 Å². The van der Waals surface area contributed by atoms with Crippen molar-refractivity contribution in [2.24, 2.45) is 0 Å². The van der Waals surface area contributed by atoms with Gasteiger partial charge in [0, 0.05) is 18.2 Å². The summed E-state index contributed by atoms with van der Waals surface area (Å²) in [6.45, 7) is 6.53. The van der Waals surface area contributed by atoms with Crippen molar-refractivity contribution in [1.29, 1.82) is 0 Å². The van der Waals surface area contributed by atoms with E-state index in [1.807, 2.05) is 29.2 Å². The normalized spacial score (nSPS) is 14.4. The Hall–Kier alpha value is -2.86. The summed E-state index contributed by atoms with van der Waals surface area (Å²) in [6.07, 6.45) is 0.224. The fourth-order valence-electron chi connectivity index (χ4n) is 3.90. The number of methoxy groups -OCH3 is 1. The summed E-state index contributed by atoms with van der Waals surface area (Å²) < 4.78 is 5.31. The molecule has 1 N–H and O–H groups in total. The van der Waals surface area contributed by atoms with Crippen LogP contribution in [-0.4, -0.2) is 68.5 Å². The molecule has 2 aromatic rings. The molecule has 0 saturated carbocycles. The Morgan fingerprint density at radius 1 is 1.10 bits per heavy atom. The Balaban J connectivity index is 1.46. The number of carbonyl (C=O) groups is 2. The van der Waals surface area contributed by atoms with E-state index in [1.165, 1.54) is 20.9 Å². The topological polar surface area (TPSA) is 54.3 Å². The molecule has 0 radical (unpaired) electrons. The molecule has 1 saturated heterocycles. The minimum atomic E-state index is -0.0865. The van der Waals surface area contributed by atoms with E-state index in [9.17, 15) is 9.59 Å². The van der Waals surface area contributed by atoms with Crippen LogP contribution in [0.25, 0.3) is 0 Å². The van der Waals surface area contributed by atoms with Gasteiger partial charge < -0.3 is 19.4 Å². The quantitative estimate of drug-likeness (QED) is 0.739. The van der Waals surface area contributed by atoms with Crippen LogP contribution in [0.2, 0.25) is 0 Å². The van der Waals surface area contributed by atoms with Crippen LogP contribution in [0.5, 0.6) is 5.75 Å². The van der Waals surface area contributed by atoms with Gasteiger partial charge in [-0.2, -0.15) is 0 Å². The lowest BCUT2D eigenvalue weighted by molar-refractivity contribution is -0.917. The lowest BCUT2D eigenvalue weighted by Gasteiger charge is -2.33. The highest BCUT2D eigenvalue weighted by molar-refractivity contribution is 5.86. The maximum Gasteiger partial charge on any atom is 0.242 e. The molecule has 0 aliphatic carbocycles. The number of ether oxygens (including phenoxy) is 1. The maximum atomic E-state index is 12.7. The average Bonchev–Trinajstić information content (AvgIpc) is 2.74. The van der Waals surface area contributed by atoms with Crippen LogP contribution >= 0.6 is 0 Å². The fraction of sp³-hybridized carbons (Fsp3) is 0.417. The molecule has 1 aliphatic heterocycles. The summed E-state index contributed by atoms with van der Waals surface area (Å²) in [5.74, 6) is 0.621. The second-order valence-electron chi connectivity index (χ2n) is 8.04. The molecule has 6 nitrogen and oxygen atoms in total. The number of benzene rings is 2. The van der Waals surface area contributed by atoms with Crippen molar-refractivity contribution in [3.8, 4) is 5.75 Å². The van der Waals surface area contributed by atoms with Gasteiger partial charge in [-0.25, -0.2) is 0 Å². The van der Waals surface area contributed by atoms with Gasteiger partial charge >= 0.3 is 0 Å². The smallest absolute Gasteiger partial charge is 0.242 e. The van der Waals surface area contributed by atoms with Gasteiger partial charge in [-0.3, -0.25) is 9.59 Å². The van der Waals surface area contributed by atoms with Gasteiger partial charge in [-0.15, -0.1) is 0 Å². The number of amides is 2. The maximum absolute atomic E-state index is 12.7. The Morgan fingerprint density at radius 2 is 1.83 bits per heavy atom. The highest BCUT2D eigenvalue weighted by atomic mass is 16.5. The second-order valence-corrected chi connectivity index (χ2v) is 8.04. The van der Waals surface area contributed by atoms with Gasteiger partial charge in [0.2, 0.25) is 11.8 Å². The van der Waals surface area contributed by atoms with Crippen LogP contribution in [-0.2, 0) is 22.6 Å². The minimum absolute atomic E-state index is 0.0143. The number of carbonyl (C=O) groups excluding carboxylic acids is 2. The average molecular weight is 411 g/mol. The number of rotatable bonds is 7. The highest BCUT2D eigenvalue weighted by Crippen LogP contribution is 2.18. The van der Waals surface area contributed by atoms with Crippen molar-refractivity contribution in [2.45, 2.75) is 19.9 Å². The lowest BCUT2D eigenvalue weighted by Crippen LogP contribution is -3.13. The first kappa shape index (κ1) is 21.8. The van der Waals surface area contributed by atoms with Crippen molar-refractivity contribution in [1.82, 2.24) is 9.80 Å². The number of nitrogens with zero attached hydrogens (tertiary/aromatic N) is 2. The summed E-state index contributed by atoms with van der Waals surface area (Å²) >= 11 is 0. The van der Waals surface area contributed by atoms with E-state index >= 15 is 0 Å². The van der Waals surface area contributed by atoms with Crippen molar-refractivity contribution in [3.63, 3.8) is 0 Å². The molecule has 0 bridgehead atoms. The van der Waals surface area contributed by atoms with Crippen LogP contribution in [0, 0.1) is 6.92 Å². The Bertz CT molecular complexity index is 876. The molecule has 0 aromatic heterocycles. The number of likely N-dealkylation sites (N-methyl/N-ethyl adjacent to an activating group) is 1. The third-order valence-corrected chi connectivity index (χ3v) is 5.69. The zero-order valence-electron chi connectivity index (χ0n) is 18.2. The number of aryl methyl sites for hydroxylation is 1. The summed E-state index contributed by atoms with van der Waals surface area (Å²) in [6, 6.07) is 16.1. The molecule has 0 unspecified atom stereocenters. The van der Waals surface area contributed by atoms with E-state index < -0.39 is 0 Å². The molecule has 0 spiro atoms. The third-order valence-electron chi connectivity index (χ3n) is 5.69. The summed E-state index contributed by atoms with van der Waals surface area (Å²) in [5, 5.41) is 0. The largest absolute Gasteiger partial charge is 0.496 e. The van der Waals surface area contributed by atoms with Gasteiger partial charge in [0.05, 0.1) is 46.3 Å². The molecular weight excluding hydrogens is 378 g/mol. The Labute approximate surface area is 179 Å². The third kappa shape index (κ3) is 5.83. The first-order valence-electron chi connectivity index (χ1n) is 10.5. The Kier molecular flexibility index (Phi) is 7.46. The van der Waals surface area contributed by atoms with E-state index in [4.69, 9.17) is 4.74 Å². The van der Waals surface area contributed by atoms with Crippen LogP contribution in [0.4, 0.5) is 0 Å². The van der Waals surface area contributed by atoms with Crippen molar-refractivity contribution in [2.75, 3.05) is 46.9 Å². The standard InChI is InChI=1S/C24H31N3O3/c1-19-7-6-8-20(15-19)17-26-11-13-27(14-12-26)24(29)18-25(2)23(28)16-21-9-4-5-10-22(21)30-3/h4-10,15H,11-14,16-18H2,1-3H3/p+1. The van der Waals surface area contributed by atoms with Crippen LogP contribution in [0.3, 0.4) is 0 Å². The van der Waals surface area contributed by atoms with Crippen molar-refractivity contribution < 1.29 is 19.2 Å². The molecule has 160 valence electrons. The van der Waals surface area contributed by atoms with Crippen molar-refractivity contribution in [3.05, 3.63) is 65.2 Å². The van der Waals surface area contributed by atoms with Crippen LogP contribution in [0.1, 0.15) is 16.7 Å². The summed E-state index contributed by atoms with van der Waals surface area (Å²) in [5.41, 5.74) is 3.45. The predicted molar refractivity (Wildman–Crippen MR) is 116 cm³/mol. The van der Waals surface area contributed by atoms with E-state index in [0.717, 1.165) is 38.3 Å². The van der Waals surface area contributed by atoms with Gasteiger partial charge in [0.1, 0.15) is 12.3 Å². The molecule has 1 aliphatic rings. The summed E-state index contributed by atoms with van der Waals surface area (Å²) in [4.78, 5) is 30.2. The molecule has 6 heteroatoms. The predicted octanol–water partition coefficient (Wildman–Crippen LogP) is 0.932. The lowest BCUT2D eigenvalue weighted by atomic mass is 10.1. The first-order valence-corrected chi connectivity index (χ1v) is 10.5. The number of quaternary nitrogens is 1. The highest BCUT2D eigenvalue weighted by Gasteiger charge is 2.25. The SMILES string of the molecule is COc1ccccc1CC(=O)N(C)CC(=O)N1CC[NH+](Cc2cccc(C)c2)CC1. The second kappa shape index (κ2) is 10.3. The molecule has 30 heavy (non-hydrogen) atoms. The van der Waals surface area contributed by atoms with E-state index in [-0.39, 0.29) is 24.8 Å². The fourth-order valence-corrected chi connectivity index (χ4v) is 3.90. The van der Waals surface area contributed by atoms with Crippen molar-refractivity contribution >= 4 is 11.8 Å². The monoisotopic (exact) mass is 410 g/mol. The number of piperazine rings is 1. The first-order chi connectivity index (χ1) is 14.5. The molecular formula is C24H32N3O3+. The minimum Gasteiger partial charge on any atom is -0.496 e. The van der Waals surface area contributed by atoms with E-state index in [2.05, 4.69) is 31.2 Å². The Morgan fingerprint density at radius 3 is 2.53 bits per heavy atom. The molecule has 0 atom stereocenters. The molecule has 2 amide bonds. The zero-order valence-corrected chi connectivity index (χ0v) is 18.2. The number of para-hydroxylation sites is 1. The van der Waals surface area contributed by atoms with E-state index in [0.29, 0.717) is 5.75 Å². The number of nitrogens with one attached hydrogen (secondary N) is 1. The molecule has 1 heterocycles. The zero-order chi connectivity index (χ0) is 21.5. The number of hydrogen-bond acceptors (Lipinski definition) is 3. The summed E-state index contributed by atoms with van der Waals surface area (Å²) in [7, 11) is 3.28. The number of hydrogen-bond donors (Lipinski definition) is 1. The van der Waals surface area contributed by atoms with Gasteiger partial charge in [-0.05, 0) is 13.0 Å². The molecule has 2 aromatic carbocycles. The van der Waals surface area contributed by atoms with Gasteiger partial charge in [0.25, 0.3) is 0 Å². The van der Waals surface area contributed by atoms with Gasteiger partial charge in [-0.1, -0.05) is 48.0 Å². The van der Waals surface area contributed by atoms with Gasteiger partial charge in [0.15, 0.2) is 0 Å². The van der Waals surface area contributed by atoms with Crippen LogP contribution < -0.4 is 9.64 Å². The molecule has 1 fully saturated rings. The molecule has 3 rings (SSSR count). The van der Waals surface area contributed by atoms with E-state index in [1.54, 1.807) is 14.2 Å².